The van der Waals surface area contributed by atoms with Gasteiger partial charge in [-0.05, 0) is 12.8 Å². The molecule has 0 radical (unpaired) electrons. The van der Waals surface area contributed by atoms with E-state index in [9.17, 15) is 0 Å². The zero-order chi connectivity index (χ0) is 12.9. The number of hydrogen-bond acceptors (Lipinski definition) is 4. The molecule has 0 aliphatic heterocycles. The number of ether oxygens (including phenoxy) is 1. The maximum Gasteiger partial charge on any atom is 0.156 e. The second kappa shape index (κ2) is 5.97. The summed E-state index contributed by atoms with van der Waals surface area (Å²) in [5, 5.41) is 13.7. The number of hydrogen-bond donors (Lipinski definition) is 1. The van der Waals surface area contributed by atoms with Crippen molar-refractivity contribution in [3.8, 4) is 0 Å². The molecule has 0 spiro atoms. The van der Waals surface area contributed by atoms with Crippen molar-refractivity contribution in [1.82, 2.24) is 10.2 Å². The highest BCUT2D eigenvalue weighted by molar-refractivity contribution is 5.90. The molecule has 3 rings (SSSR count). The fraction of sp³-hybridized carbons (Fsp3) is 0.467. The number of nitrogens with one attached hydrogen (secondary N) is 1. The summed E-state index contributed by atoms with van der Waals surface area (Å²) in [4.78, 5) is 0. The molecule has 0 saturated heterocycles. The van der Waals surface area contributed by atoms with E-state index in [0.717, 1.165) is 29.7 Å². The number of aromatic nitrogens is 2. The summed E-state index contributed by atoms with van der Waals surface area (Å²) >= 11 is 0. The highest BCUT2D eigenvalue weighted by atomic mass is 16.5. The summed E-state index contributed by atoms with van der Waals surface area (Å²) in [5.74, 6) is 0.841. The largest absolute Gasteiger partial charge is 0.376 e. The van der Waals surface area contributed by atoms with E-state index in [1.165, 1.54) is 25.7 Å². The maximum absolute atomic E-state index is 5.83. The van der Waals surface area contributed by atoms with Gasteiger partial charge in [0.15, 0.2) is 5.82 Å². The fourth-order valence-electron chi connectivity index (χ4n) is 2.61. The standard InChI is InChI=1S/C15H19N3O/c1-4-8-14-12(5-1)11-17-18-15(14)16-9-10-19-13-6-2-3-7-13/h1,4-5,8,11,13H,2-3,6-7,9-10H2,(H,16,18). The Balaban J connectivity index is 1.56. The van der Waals surface area contributed by atoms with Gasteiger partial charge in [-0.15, -0.1) is 5.10 Å². The molecule has 1 saturated carbocycles. The molecule has 4 nitrogen and oxygen atoms in total. The summed E-state index contributed by atoms with van der Waals surface area (Å²) in [5.41, 5.74) is 0. The Morgan fingerprint density at radius 2 is 2.05 bits per heavy atom. The fourth-order valence-corrected chi connectivity index (χ4v) is 2.61. The lowest BCUT2D eigenvalue weighted by Gasteiger charge is -2.12. The molecule has 0 bridgehead atoms. The molecule has 1 heterocycles. The molecule has 1 aromatic heterocycles. The second-order valence-electron chi connectivity index (χ2n) is 4.98. The minimum atomic E-state index is 0.473. The van der Waals surface area contributed by atoms with Crippen molar-refractivity contribution in [2.24, 2.45) is 0 Å². The van der Waals surface area contributed by atoms with Crippen LogP contribution in [-0.2, 0) is 4.74 Å². The SMILES string of the molecule is c1ccc2c(NCCOC3CCCC3)nncc2c1. The van der Waals surface area contributed by atoms with E-state index in [1.54, 1.807) is 6.20 Å². The molecule has 1 fully saturated rings. The van der Waals surface area contributed by atoms with Crippen molar-refractivity contribution in [2.75, 3.05) is 18.5 Å². The maximum atomic E-state index is 5.83. The Hall–Kier alpha value is -1.68. The predicted octanol–water partition coefficient (Wildman–Crippen LogP) is 3.00. The van der Waals surface area contributed by atoms with E-state index in [1.807, 2.05) is 18.2 Å². The summed E-state index contributed by atoms with van der Waals surface area (Å²) in [6, 6.07) is 8.13. The predicted molar refractivity (Wildman–Crippen MR) is 76.2 cm³/mol. The molecule has 19 heavy (non-hydrogen) atoms. The minimum absolute atomic E-state index is 0.473. The first-order valence-electron chi connectivity index (χ1n) is 6.99. The van der Waals surface area contributed by atoms with E-state index in [0.29, 0.717) is 6.10 Å². The third-order valence-electron chi connectivity index (χ3n) is 3.62. The third-order valence-corrected chi connectivity index (χ3v) is 3.62. The Morgan fingerprint density at radius 3 is 2.95 bits per heavy atom. The van der Waals surface area contributed by atoms with Gasteiger partial charge in [-0.1, -0.05) is 37.1 Å². The van der Waals surface area contributed by atoms with Gasteiger partial charge in [-0.25, -0.2) is 0 Å². The Morgan fingerprint density at radius 1 is 1.21 bits per heavy atom. The molecule has 1 aromatic carbocycles. The Bertz CT molecular complexity index is 532. The first kappa shape index (κ1) is 12.4. The van der Waals surface area contributed by atoms with E-state index >= 15 is 0 Å². The molecular weight excluding hydrogens is 238 g/mol. The zero-order valence-corrected chi connectivity index (χ0v) is 11.0. The van der Waals surface area contributed by atoms with Crippen LogP contribution in [0.1, 0.15) is 25.7 Å². The van der Waals surface area contributed by atoms with Gasteiger partial charge in [-0.3, -0.25) is 0 Å². The van der Waals surface area contributed by atoms with Gasteiger partial charge in [-0.2, -0.15) is 5.10 Å². The zero-order valence-electron chi connectivity index (χ0n) is 11.0. The summed E-state index contributed by atoms with van der Waals surface area (Å²) in [7, 11) is 0. The molecule has 1 aliphatic carbocycles. The first-order chi connectivity index (χ1) is 9.43. The van der Waals surface area contributed by atoms with Crippen molar-refractivity contribution in [3.05, 3.63) is 30.5 Å². The molecule has 0 amide bonds. The summed E-state index contributed by atoms with van der Waals surface area (Å²) < 4.78 is 5.83. The van der Waals surface area contributed by atoms with Crippen LogP contribution in [0.2, 0.25) is 0 Å². The molecule has 100 valence electrons. The van der Waals surface area contributed by atoms with Crippen LogP contribution in [0.25, 0.3) is 10.8 Å². The van der Waals surface area contributed by atoms with E-state index in [2.05, 4.69) is 21.6 Å². The van der Waals surface area contributed by atoms with Crippen molar-refractivity contribution in [2.45, 2.75) is 31.8 Å². The molecular formula is C15H19N3O. The van der Waals surface area contributed by atoms with Crippen molar-refractivity contribution >= 4 is 16.6 Å². The van der Waals surface area contributed by atoms with Crippen molar-refractivity contribution < 1.29 is 4.74 Å². The average Bonchev–Trinajstić information content (AvgIpc) is 2.97. The quantitative estimate of drug-likeness (QED) is 0.836. The minimum Gasteiger partial charge on any atom is -0.376 e. The van der Waals surface area contributed by atoms with Gasteiger partial charge in [0.2, 0.25) is 0 Å². The topological polar surface area (TPSA) is 47.0 Å². The van der Waals surface area contributed by atoms with E-state index < -0.39 is 0 Å². The lowest BCUT2D eigenvalue weighted by molar-refractivity contribution is 0.0659. The van der Waals surface area contributed by atoms with Crippen LogP contribution in [-0.4, -0.2) is 29.5 Å². The summed E-state index contributed by atoms with van der Waals surface area (Å²) in [6.45, 7) is 1.51. The molecule has 1 N–H and O–H groups in total. The Kier molecular flexibility index (Phi) is 3.89. The lowest BCUT2D eigenvalue weighted by Crippen LogP contribution is -2.16. The lowest BCUT2D eigenvalue weighted by atomic mass is 10.2. The Labute approximate surface area is 113 Å². The van der Waals surface area contributed by atoms with Gasteiger partial charge in [0.05, 0.1) is 18.9 Å². The number of anilines is 1. The van der Waals surface area contributed by atoms with Gasteiger partial charge in [0.1, 0.15) is 0 Å². The molecule has 0 atom stereocenters. The van der Waals surface area contributed by atoms with Gasteiger partial charge >= 0.3 is 0 Å². The smallest absolute Gasteiger partial charge is 0.156 e. The van der Waals surface area contributed by atoms with Gasteiger partial charge in [0.25, 0.3) is 0 Å². The van der Waals surface area contributed by atoms with Crippen molar-refractivity contribution in [1.29, 1.82) is 0 Å². The van der Waals surface area contributed by atoms with E-state index in [-0.39, 0.29) is 0 Å². The van der Waals surface area contributed by atoms with Crippen molar-refractivity contribution in [3.63, 3.8) is 0 Å². The molecule has 1 aliphatic rings. The van der Waals surface area contributed by atoms with Crippen LogP contribution < -0.4 is 5.32 Å². The number of fused-ring (bicyclic) bond motifs is 1. The first-order valence-corrected chi connectivity index (χ1v) is 6.99. The normalized spacial score (nSPS) is 16.0. The highest BCUT2D eigenvalue weighted by Crippen LogP contribution is 2.21. The molecule has 2 aromatic rings. The van der Waals surface area contributed by atoms with Crippen LogP contribution in [0.3, 0.4) is 0 Å². The monoisotopic (exact) mass is 257 g/mol. The van der Waals surface area contributed by atoms with Crippen LogP contribution in [0, 0.1) is 0 Å². The van der Waals surface area contributed by atoms with Crippen LogP contribution in [0.15, 0.2) is 30.5 Å². The number of rotatable bonds is 5. The second-order valence-corrected chi connectivity index (χ2v) is 4.98. The van der Waals surface area contributed by atoms with Gasteiger partial charge < -0.3 is 10.1 Å². The molecule has 4 heteroatoms. The van der Waals surface area contributed by atoms with Gasteiger partial charge in [0, 0.05) is 17.3 Å². The van der Waals surface area contributed by atoms with Crippen LogP contribution >= 0.6 is 0 Å². The van der Waals surface area contributed by atoms with Crippen LogP contribution in [0.4, 0.5) is 5.82 Å². The summed E-state index contributed by atoms with van der Waals surface area (Å²) in [6.07, 6.45) is 7.32. The van der Waals surface area contributed by atoms with Crippen LogP contribution in [0.5, 0.6) is 0 Å². The third kappa shape index (κ3) is 3.01. The van der Waals surface area contributed by atoms with E-state index in [4.69, 9.17) is 4.74 Å². The number of nitrogens with zero attached hydrogens (tertiary/aromatic N) is 2. The highest BCUT2D eigenvalue weighted by Gasteiger charge is 2.14. The number of benzene rings is 1. The molecule has 0 unspecified atom stereocenters. The average molecular weight is 257 g/mol.